The fourth-order valence-electron chi connectivity index (χ4n) is 2.72. The summed E-state index contributed by atoms with van der Waals surface area (Å²) in [6.07, 6.45) is 4.64. The smallest absolute Gasteiger partial charge is 0.251 e. The van der Waals surface area contributed by atoms with Gasteiger partial charge in [-0.3, -0.25) is 0 Å². The average Bonchev–Trinajstić information content (AvgIpc) is 2.84. The van der Waals surface area contributed by atoms with Crippen molar-refractivity contribution in [2.75, 3.05) is 0 Å². The quantitative estimate of drug-likeness (QED) is 0.855. The number of benzene rings is 1. The van der Waals surface area contributed by atoms with Gasteiger partial charge in [0.1, 0.15) is 0 Å². The van der Waals surface area contributed by atoms with E-state index >= 15 is 0 Å². The normalized spacial score (nSPS) is 22.0. The minimum Gasteiger partial charge on any atom is -0.448 e. The van der Waals surface area contributed by atoms with Crippen LogP contribution in [0.4, 0.5) is 0 Å². The second-order valence-corrected chi connectivity index (χ2v) is 5.16. The van der Waals surface area contributed by atoms with Crippen LogP contribution >= 0.6 is 0 Å². The van der Waals surface area contributed by atoms with Crippen LogP contribution in [0.3, 0.4) is 0 Å². The molecule has 1 atom stereocenters. The molecule has 3 heteroatoms. The lowest BCUT2D eigenvalue weighted by Crippen LogP contribution is -2.34. The lowest BCUT2D eigenvalue weighted by molar-refractivity contribution is -0.0716. The highest BCUT2D eigenvalue weighted by Crippen LogP contribution is 2.46. The van der Waals surface area contributed by atoms with Gasteiger partial charge in [0.25, 0.3) is 5.79 Å². The van der Waals surface area contributed by atoms with E-state index in [-0.39, 0.29) is 11.9 Å². The maximum absolute atomic E-state index is 9.39. The van der Waals surface area contributed by atoms with Crippen molar-refractivity contribution < 1.29 is 14.6 Å². The summed E-state index contributed by atoms with van der Waals surface area (Å²) in [6.45, 7) is 1.79. The van der Waals surface area contributed by atoms with Gasteiger partial charge in [-0.1, -0.05) is 6.07 Å². The molecule has 3 rings (SSSR count). The first-order valence-electron chi connectivity index (χ1n) is 6.36. The van der Waals surface area contributed by atoms with Gasteiger partial charge in [-0.2, -0.15) is 0 Å². The highest BCUT2D eigenvalue weighted by atomic mass is 16.7. The van der Waals surface area contributed by atoms with Gasteiger partial charge in [0.05, 0.1) is 6.10 Å². The number of aliphatic hydroxyl groups excluding tert-OH is 1. The first kappa shape index (κ1) is 10.9. The molecule has 0 amide bonds. The molecule has 0 saturated heterocycles. The maximum atomic E-state index is 9.39. The van der Waals surface area contributed by atoms with Crippen molar-refractivity contribution in [3.63, 3.8) is 0 Å². The first-order valence-corrected chi connectivity index (χ1v) is 6.36. The molecule has 1 unspecified atom stereocenters. The molecule has 17 heavy (non-hydrogen) atoms. The molecule has 1 N–H and O–H groups in total. The summed E-state index contributed by atoms with van der Waals surface area (Å²) in [5.74, 6) is 1.30. The van der Waals surface area contributed by atoms with E-state index in [1.54, 1.807) is 6.92 Å². The topological polar surface area (TPSA) is 38.7 Å². The zero-order valence-electron chi connectivity index (χ0n) is 10.1. The van der Waals surface area contributed by atoms with E-state index in [2.05, 4.69) is 0 Å². The Labute approximate surface area is 101 Å². The molecule has 1 saturated carbocycles. The van der Waals surface area contributed by atoms with E-state index in [0.717, 1.165) is 29.9 Å². The van der Waals surface area contributed by atoms with Crippen LogP contribution in [0.2, 0.25) is 0 Å². The lowest BCUT2D eigenvalue weighted by Gasteiger charge is -2.21. The maximum Gasteiger partial charge on any atom is 0.251 e. The van der Waals surface area contributed by atoms with Crippen LogP contribution < -0.4 is 9.47 Å². The van der Waals surface area contributed by atoms with Crippen LogP contribution in [0.1, 0.15) is 38.2 Å². The van der Waals surface area contributed by atoms with Gasteiger partial charge in [-0.25, -0.2) is 0 Å². The average molecular weight is 234 g/mol. The minimum absolute atomic E-state index is 0.323. The van der Waals surface area contributed by atoms with E-state index in [1.807, 2.05) is 18.2 Å². The summed E-state index contributed by atoms with van der Waals surface area (Å²) >= 11 is 0. The first-order chi connectivity index (χ1) is 8.17. The number of ether oxygens (including phenoxy) is 2. The van der Waals surface area contributed by atoms with Crippen LogP contribution in [-0.4, -0.2) is 17.0 Å². The summed E-state index contributed by atoms with van der Waals surface area (Å²) in [5.41, 5.74) is 1.09. The molecule has 3 nitrogen and oxygen atoms in total. The Kier molecular flexibility index (Phi) is 2.51. The molecule has 1 aliphatic carbocycles. The molecule has 1 aromatic rings. The van der Waals surface area contributed by atoms with Crippen molar-refractivity contribution in [2.45, 2.75) is 50.9 Å². The molecule has 92 valence electrons. The molecular formula is C14H18O3. The van der Waals surface area contributed by atoms with Crippen molar-refractivity contribution in [3.8, 4) is 11.5 Å². The Morgan fingerprint density at radius 1 is 1.24 bits per heavy atom. The highest BCUT2D eigenvalue weighted by Gasteiger charge is 2.43. The van der Waals surface area contributed by atoms with Crippen molar-refractivity contribution in [2.24, 2.45) is 0 Å². The van der Waals surface area contributed by atoms with Crippen LogP contribution in [0.25, 0.3) is 0 Å². The molecule has 2 aliphatic rings. The van der Waals surface area contributed by atoms with Gasteiger partial charge in [0.2, 0.25) is 0 Å². The van der Waals surface area contributed by atoms with Crippen LogP contribution in [0.5, 0.6) is 11.5 Å². The predicted molar refractivity (Wildman–Crippen MR) is 64.3 cm³/mol. The van der Waals surface area contributed by atoms with Crippen molar-refractivity contribution >= 4 is 0 Å². The van der Waals surface area contributed by atoms with Crippen molar-refractivity contribution in [1.82, 2.24) is 0 Å². The van der Waals surface area contributed by atoms with E-state index in [9.17, 15) is 5.11 Å². The number of aliphatic hydroxyl groups is 1. The molecule has 1 aliphatic heterocycles. The number of fused-ring (bicyclic) bond motifs is 1. The number of rotatable bonds is 2. The largest absolute Gasteiger partial charge is 0.448 e. The summed E-state index contributed by atoms with van der Waals surface area (Å²) in [7, 11) is 0. The molecule has 1 fully saturated rings. The Morgan fingerprint density at radius 3 is 2.65 bits per heavy atom. The monoisotopic (exact) mass is 234 g/mol. The second-order valence-electron chi connectivity index (χ2n) is 5.16. The second kappa shape index (κ2) is 3.91. The molecule has 0 aromatic heterocycles. The Bertz CT molecular complexity index is 419. The lowest BCUT2D eigenvalue weighted by atomic mass is 10.1. The standard InChI is InChI=1S/C14H18O3/c1-10(15)8-11-4-5-12-13(9-11)17-14(16-12)6-2-3-7-14/h4-5,9-10,15H,2-3,6-8H2,1H3. The molecular weight excluding hydrogens is 216 g/mol. The Morgan fingerprint density at radius 2 is 1.94 bits per heavy atom. The summed E-state index contributed by atoms with van der Waals surface area (Å²) in [6, 6.07) is 5.96. The van der Waals surface area contributed by atoms with Crippen LogP contribution in [0, 0.1) is 0 Å². The van der Waals surface area contributed by atoms with Crippen LogP contribution in [0.15, 0.2) is 18.2 Å². The Hall–Kier alpha value is -1.22. The van der Waals surface area contributed by atoms with Gasteiger partial charge < -0.3 is 14.6 Å². The SMILES string of the molecule is CC(O)Cc1ccc2c(c1)OC1(CCCC1)O2. The fraction of sp³-hybridized carbons (Fsp3) is 0.571. The minimum atomic E-state index is -0.383. The summed E-state index contributed by atoms with van der Waals surface area (Å²) in [5, 5.41) is 9.39. The van der Waals surface area contributed by atoms with E-state index < -0.39 is 0 Å². The number of hydrogen-bond acceptors (Lipinski definition) is 3. The third-order valence-electron chi connectivity index (χ3n) is 3.50. The predicted octanol–water partition coefficient (Wildman–Crippen LogP) is 2.65. The zero-order chi connectivity index (χ0) is 11.9. The molecule has 1 heterocycles. The summed E-state index contributed by atoms with van der Waals surface area (Å²) in [4.78, 5) is 0. The summed E-state index contributed by atoms with van der Waals surface area (Å²) < 4.78 is 11.9. The van der Waals surface area contributed by atoms with Crippen molar-refractivity contribution in [3.05, 3.63) is 23.8 Å². The van der Waals surface area contributed by atoms with Gasteiger partial charge in [0.15, 0.2) is 11.5 Å². The van der Waals surface area contributed by atoms with Gasteiger partial charge in [-0.15, -0.1) is 0 Å². The van der Waals surface area contributed by atoms with E-state index in [1.165, 1.54) is 12.8 Å². The van der Waals surface area contributed by atoms with Crippen LogP contribution in [-0.2, 0) is 6.42 Å². The van der Waals surface area contributed by atoms with Gasteiger partial charge in [-0.05, 0) is 43.9 Å². The molecule has 0 radical (unpaired) electrons. The number of hydrogen-bond donors (Lipinski definition) is 1. The highest BCUT2D eigenvalue weighted by molar-refractivity contribution is 5.46. The molecule has 1 spiro atoms. The Balaban J connectivity index is 1.83. The van der Waals surface area contributed by atoms with Gasteiger partial charge >= 0.3 is 0 Å². The fourth-order valence-corrected chi connectivity index (χ4v) is 2.72. The third-order valence-corrected chi connectivity index (χ3v) is 3.50. The van der Waals surface area contributed by atoms with Gasteiger partial charge in [0, 0.05) is 12.8 Å². The van der Waals surface area contributed by atoms with E-state index in [0.29, 0.717) is 6.42 Å². The molecule has 0 bridgehead atoms. The van der Waals surface area contributed by atoms with Crippen molar-refractivity contribution in [1.29, 1.82) is 0 Å². The molecule has 1 aromatic carbocycles. The zero-order valence-corrected chi connectivity index (χ0v) is 10.1. The van der Waals surface area contributed by atoms with E-state index in [4.69, 9.17) is 9.47 Å². The third kappa shape index (κ3) is 2.00.